The van der Waals surface area contributed by atoms with Gasteiger partial charge in [0.2, 0.25) is 0 Å². The van der Waals surface area contributed by atoms with Crippen molar-refractivity contribution in [2.75, 3.05) is 19.0 Å². The van der Waals surface area contributed by atoms with Crippen LogP contribution in [0.3, 0.4) is 0 Å². The van der Waals surface area contributed by atoms with Gasteiger partial charge in [-0.05, 0) is 6.42 Å². The molecule has 13 heavy (non-hydrogen) atoms. The summed E-state index contributed by atoms with van der Waals surface area (Å²) in [5.74, 6) is 0.406. The van der Waals surface area contributed by atoms with E-state index in [9.17, 15) is 9.50 Å². The minimum absolute atomic E-state index is 0.0631. The van der Waals surface area contributed by atoms with Crippen LogP contribution in [0.25, 0.3) is 0 Å². The number of aliphatic hydroxyl groups is 1. The fraction of sp³-hybridized carbons (Fsp3) is 1.00. The van der Waals surface area contributed by atoms with Crippen LogP contribution in [-0.2, 0) is 4.74 Å². The third-order valence-corrected chi connectivity index (χ3v) is 3.50. The van der Waals surface area contributed by atoms with Crippen molar-refractivity contribution in [3.05, 3.63) is 0 Å². The molecule has 78 valence electrons. The van der Waals surface area contributed by atoms with E-state index in [4.69, 9.17) is 4.74 Å². The molecule has 1 aliphatic heterocycles. The van der Waals surface area contributed by atoms with Crippen LogP contribution in [-0.4, -0.2) is 41.6 Å². The van der Waals surface area contributed by atoms with Gasteiger partial charge in [0.1, 0.15) is 12.3 Å². The van der Waals surface area contributed by atoms with Crippen LogP contribution in [0.15, 0.2) is 0 Å². The number of alkyl halides is 1. The van der Waals surface area contributed by atoms with E-state index in [1.165, 1.54) is 11.8 Å². The second-order valence-corrected chi connectivity index (χ2v) is 4.58. The predicted molar refractivity (Wildman–Crippen MR) is 52.9 cm³/mol. The van der Waals surface area contributed by atoms with Gasteiger partial charge in [0.15, 0.2) is 0 Å². The number of hydrogen-bond donors (Lipinski definition) is 1. The van der Waals surface area contributed by atoms with Crippen molar-refractivity contribution in [1.29, 1.82) is 0 Å². The second-order valence-electron chi connectivity index (χ2n) is 3.31. The molecule has 0 radical (unpaired) electrons. The van der Waals surface area contributed by atoms with E-state index >= 15 is 0 Å². The van der Waals surface area contributed by atoms with Crippen LogP contribution in [0.5, 0.6) is 0 Å². The van der Waals surface area contributed by atoms with Gasteiger partial charge in [-0.25, -0.2) is 4.39 Å². The smallest absolute Gasteiger partial charge is 0.136 e. The molecule has 1 heterocycles. The summed E-state index contributed by atoms with van der Waals surface area (Å²) in [6.07, 6.45) is 0.245. The lowest BCUT2D eigenvalue weighted by molar-refractivity contribution is 0.0565. The molecular formula is C9H17FO2S. The lowest BCUT2D eigenvalue weighted by Crippen LogP contribution is -2.29. The van der Waals surface area contributed by atoms with E-state index in [1.54, 1.807) is 0 Å². The Morgan fingerprint density at radius 2 is 2.38 bits per heavy atom. The van der Waals surface area contributed by atoms with E-state index in [0.717, 1.165) is 19.4 Å². The summed E-state index contributed by atoms with van der Waals surface area (Å²) in [7, 11) is 0. The molecule has 0 amide bonds. The van der Waals surface area contributed by atoms with Crippen LogP contribution in [0, 0.1) is 0 Å². The van der Waals surface area contributed by atoms with Gasteiger partial charge in [0, 0.05) is 12.4 Å². The number of ether oxygens (including phenoxy) is 1. The fourth-order valence-corrected chi connectivity index (χ4v) is 2.43. The third-order valence-electron chi connectivity index (χ3n) is 2.15. The van der Waals surface area contributed by atoms with E-state index in [0.29, 0.717) is 12.4 Å². The van der Waals surface area contributed by atoms with Crippen LogP contribution in [0.4, 0.5) is 4.39 Å². The first-order chi connectivity index (χ1) is 6.25. The van der Waals surface area contributed by atoms with Crippen LogP contribution in [0.1, 0.15) is 19.8 Å². The van der Waals surface area contributed by atoms with Gasteiger partial charge < -0.3 is 9.84 Å². The van der Waals surface area contributed by atoms with Gasteiger partial charge in [-0.2, -0.15) is 11.8 Å². The molecule has 1 aliphatic rings. The van der Waals surface area contributed by atoms with Gasteiger partial charge >= 0.3 is 0 Å². The molecule has 2 nitrogen and oxygen atoms in total. The molecule has 4 heteroatoms. The largest absolute Gasteiger partial charge is 0.389 e. The van der Waals surface area contributed by atoms with Gasteiger partial charge in [-0.15, -0.1) is 0 Å². The number of unbranched alkanes of at least 4 members (excludes halogenated alkanes) is 1. The predicted octanol–water partition coefficient (Wildman–Crippen LogP) is 1.62. The number of halogens is 1. The van der Waals surface area contributed by atoms with Gasteiger partial charge in [0.05, 0.1) is 11.9 Å². The summed E-state index contributed by atoms with van der Waals surface area (Å²) in [6.45, 7) is 3.30. The SMILES string of the molecule is CCCCOC[C@H]1SC[C@@H](F)[C@@H]1O. The number of hydrogen-bond acceptors (Lipinski definition) is 3. The number of aliphatic hydroxyl groups excluding tert-OH is 1. The Hall–Kier alpha value is 0.200. The van der Waals surface area contributed by atoms with E-state index < -0.39 is 12.3 Å². The number of thioether (sulfide) groups is 1. The standard InChI is InChI=1S/C9H17FO2S/c1-2-3-4-12-5-8-9(11)7(10)6-13-8/h7-9,11H,2-6H2,1H3/t7-,8-,9+/m1/s1. The minimum atomic E-state index is -1.07. The fourth-order valence-electron chi connectivity index (χ4n) is 1.24. The van der Waals surface area contributed by atoms with Crippen LogP contribution < -0.4 is 0 Å². The number of rotatable bonds is 5. The minimum Gasteiger partial charge on any atom is -0.389 e. The molecular weight excluding hydrogens is 191 g/mol. The lowest BCUT2D eigenvalue weighted by Gasteiger charge is -2.14. The molecule has 1 N–H and O–H groups in total. The first kappa shape index (κ1) is 11.3. The summed E-state index contributed by atoms with van der Waals surface area (Å²) in [4.78, 5) is 0. The normalized spacial score (nSPS) is 33.9. The molecule has 0 aromatic rings. The molecule has 0 aromatic carbocycles. The summed E-state index contributed by atoms with van der Waals surface area (Å²) in [5.41, 5.74) is 0. The maximum Gasteiger partial charge on any atom is 0.136 e. The molecule has 0 aromatic heterocycles. The highest BCUT2D eigenvalue weighted by Gasteiger charge is 2.35. The van der Waals surface area contributed by atoms with Gasteiger partial charge in [0.25, 0.3) is 0 Å². The highest BCUT2D eigenvalue weighted by Crippen LogP contribution is 2.29. The average Bonchev–Trinajstić information content (AvgIpc) is 2.43. The van der Waals surface area contributed by atoms with Gasteiger partial charge in [-0.3, -0.25) is 0 Å². The van der Waals surface area contributed by atoms with Crippen molar-refractivity contribution in [3.8, 4) is 0 Å². The first-order valence-corrected chi connectivity index (χ1v) is 5.82. The Balaban J connectivity index is 2.08. The Bertz CT molecular complexity index is 146. The first-order valence-electron chi connectivity index (χ1n) is 4.77. The van der Waals surface area contributed by atoms with Crippen LogP contribution >= 0.6 is 11.8 Å². The van der Waals surface area contributed by atoms with E-state index in [1.807, 2.05) is 0 Å². The second kappa shape index (κ2) is 5.83. The summed E-state index contributed by atoms with van der Waals surface area (Å²) in [5, 5.41) is 9.28. The summed E-state index contributed by atoms with van der Waals surface area (Å²) >= 11 is 1.47. The Kier molecular flexibility index (Phi) is 5.06. The Labute approximate surface area is 82.8 Å². The summed E-state index contributed by atoms with van der Waals surface area (Å²) < 4.78 is 18.1. The molecule has 0 bridgehead atoms. The molecule has 0 aliphatic carbocycles. The van der Waals surface area contributed by atoms with E-state index in [2.05, 4.69) is 6.92 Å². The van der Waals surface area contributed by atoms with Crippen molar-refractivity contribution in [2.45, 2.75) is 37.3 Å². The molecule has 1 fully saturated rings. The maximum atomic E-state index is 12.8. The third kappa shape index (κ3) is 3.44. The van der Waals surface area contributed by atoms with Crippen LogP contribution in [0.2, 0.25) is 0 Å². The lowest BCUT2D eigenvalue weighted by atomic mass is 10.2. The summed E-state index contributed by atoms with van der Waals surface area (Å²) in [6, 6.07) is 0. The highest BCUT2D eigenvalue weighted by molar-refractivity contribution is 8.00. The van der Waals surface area contributed by atoms with Crippen molar-refractivity contribution < 1.29 is 14.2 Å². The van der Waals surface area contributed by atoms with Crippen molar-refractivity contribution in [1.82, 2.24) is 0 Å². The maximum absolute atomic E-state index is 12.8. The molecule has 1 saturated heterocycles. The average molecular weight is 208 g/mol. The Morgan fingerprint density at radius 3 is 2.92 bits per heavy atom. The molecule has 0 saturated carbocycles. The van der Waals surface area contributed by atoms with Crippen molar-refractivity contribution >= 4 is 11.8 Å². The Morgan fingerprint density at radius 1 is 1.62 bits per heavy atom. The zero-order chi connectivity index (χ0) is 9.68. The molecule has 0 unspecified atom stereocenters. The highest BCUT2D eigenvalue weighted by atomic mass is 32.2. The van der Waals surface area contributed by atoms with Crippen molar-refractivity contribution in [3.63, 3.8) is 0 Å². The van der Waals surface area contributed by atoms with E-state index in [-0.39, 0.29) is 5.25 Å². The van der Waals surface area contributed by atoms with Crippen molar-refractivity contribution in [2.24, 2.45) is 0 Å². The zero-order valence-corrected chi connectivity index (χ0v) is 8.73. The topological polar surface area (TPSA) is 29.5 Å². The molecule has 0 spiro atoms. The monoisotopic (exact) mass is 208 g/mol. The molecule has 1 rings (SSSR count). The van der Waals surface area contributed by atoms with Gasteiger partial charge in [-0.1, -0.05) is 13.3 Å². The zero-order valence-electron chi connectivity index (χ0n) is 7.91. The molecule has 3 atom stereocenters. The quantitative estimate of drug-likeness (QED) is 0.696.